The summed E-state index contributed by atoms with van der Waals surface area (Å²) < 4.78 is 65.3. The van der Waals surface area contributed by atoms with Gasteiger partial charge in [-0.3, -0.25) is 9.10 Å². The molecule has 2 aromatic rings. The Labute approximate surface area is 166 Å². The van der Waals surface area contributed by atoms with Crippen molar-refractivity contribution in [2.24, 2.45) is 0 Å². The first-order valence-electron chi connectivity index (χ1n) is 8.17. The van der Waals surface area contributed by atoms with E-state index in [0.29, 0.717) is 6.07 Å². The number of rotatable bonds is 6. The van der Waals surface area contributed by atoms with Crippen molar-refractivity contribution in [3.63, 3.8) is 0 Å². The van der Waals surface area contributed by atoms with E-state index in [4.69, 9.17) is 11.6 Å². The Balaban J connectivity index is 2.44. The van der Waals surface area contributed by atoms with Crippen LogP contribution in [-0.2, 0) is 21.0 Å². The monoisotopic (exact) mass is 434 g/mol. The molecule has 0 bridgehead atoms. The summed E-state index contributed by atoms with van der Waals surface area (Å²) in [5.74, 6) is -0.885. The van der Waals surface area contributed by atoms with Crippen LogP contribution in [0.25, 0.3) is 0 Å². The predicted molar refractivity (Wildman–Crippen MR) is 103 cm³/mol. The SMILES string of the molecule is CCC(C(=O)Nc1ccc(Cl)cc1C(F)(F)F)N(c1ccccc1)S(C)(=O)=O. The Kier molecular flexibility index (Phi) is 6.61. The van der Waals surface area contributed by atoms with E-state index in [1.54, 1.807) is 25.1 Å². The average molecular weight is 435 g/mol. The number of sulfonamides is 1. The van der Waals surface area contributed by atoms with Crippen LogP contribution in [0.2, 0.25) is 5.02 Å². The number of carbonyl (C=O) groups is 1. The fourth-order valence-electron chi connectivity index (χ4n) is 2.71. The van der Waals surface area contributed by atoms with E-state index in [1.807, 2.05) is 0 Å². The number of nitrogens with one attached hydrogen (secondary N) is 1. The van der Waals surface area contributed by atoms with Crippen molar-refractivity contribution in [3.8, 4) is 0 Å². The van der Waals surface area contributed by atoms with Crippen LogP contribution in [0.5, 0.6) is 0 Å². The fraction of sp³-hybridized carbons (Fsp3) is 0.278. The normalized spacial score (nSPS) is 13.1. The van der Waals surface area contributed by atoms with Gasteiger partial charge in [-0.15, -0.1) is 0 Å². The van der Waals surface area contributed by atoms with Gasteiger partial charge in [-0.05, 0) is 36.8 Å². The van der Waals surface area contributed by atoms with E-state index in [0.717, 1.165) is 16.6 Å². The highest BCUT2D eigenvalue weighted by molar-refractivity contribution is 7.92. The van der Waals surface area contributed by atoms with Crippen molar-refractivity contribution in [1.82, 2.24) is 0 Å². The van der Waals surface area contributed by atoms with Gasteiger partial charge in [0, 0.05) is 5.02 Å². The highest BCUT2D eigenvalue weighted by Gasteiger charge is 2.36. The van der Waals surface area contributed by atoms with Crippen molar-refractivity contribution in [2.75, 3.05) is 15.9 Å². The summed E-state index contributed by atoms with van der Waals surface area (Å²) in [6.45, 7) is 1.57. The summed E-state index contributed by atoms with van der Waals surface area (Å²) in [7, 11) is -3.88. The molecular weight excluding hydrogens is 417 g/mol. The molecule has 152 valence electrons. The lowest BCUT2D eigenvalue weighted by atomic mass is 10.1. The minimum Gasteiger partial charge on any atom is -0.324 e. The quantitative estimate of drug-likeness (QED) is 0.725. The molecule has 2 aromatic carbocycles. The molecule has 1 unspecified atom stereocenters. The van der Waals surface area contributed by atoms with E-state index in [9.17, 15) is 26.4 Å². The van der Waals surface area contributed by atoms with E-state index < -0.39 is 39.4 Å². The van der Waals surface area contributed by atoms with E-state index in [2.05, 4.69) is 5.32 Å². The zero-order chi connectivity index (χ0) is 21.1. The van der Waals surface area contributed by atoms with Gasteiger partial charge in [0.1, 0.15) is 6.04 Å². The molecular formula is C18H18ClF3N2O3S. The summed E-state index contributed by atoms with van der Waals surface area (Å²) in [6.07, 6.45) is -3.77. The lowest BCUT2D eigenvalue weighted by Gasteiger charge is -2.30. The standard InChI is InChI=1S/C18H18ClF3N2O3S/c1-3-16(24(28(2,26)27)13-7-5-4-6-8-13)17(25)23-15-10-9-12(19)11-14(15)18(20,21)22/h4-11,16H,3H2,1-2H3,(H,23,25). The number of benzene rings is 2. The topological polar surface area (TPSA) is 66.5 Å². The molecule has 0 saturated heterocycles. The van der Waals surface area contributed by atoms with Gasteiger partial charge in [0.15, 0.2) is 0 Å². The first-order chi connectivity index (χ1) is 12.9. The second-order valence-corrected chi connectivity index (χ2v) is 8.29. The molecule has 0 aliphatic rings. The van der Waals surface area contributed by atoms with Crippen molar-refractivity contribution in [3.05, 3.63) is 59.1 Å². The first kappa shape index (κ1) is 22.0. The van der Waals surface area contributed by atoms with Crippen LogP contribution in [0.15, 0.2) is 48.5 Å². The van der Waals surface area contributed by atoms with E-state index >= 15 is 0 Å². The van der Waals surface area contributed by atoms with E-state index in [-0.39, 0.29) is 17.1 Å². The van der Waals surface area contributed by atoms with Crippen LogP contribution in [0.1, 0.15) is 18.9 Å². The number of halogens is 4. The summed E-state index contributed by atoms with van der Waals surface area (Å²) in [6, 6.07) is 9.56. The average Bonchev–Trinajstić information content (AvgIpc) is 2.59. The Bertz CT molecular complexity index is 950. The molecule has 5 nitrogen and oxygen atoms in total. The van der Waals surface area contributed by atoms with Crippen molar-refractivity contribution >= 4 is 38.9 Å². The smallest absolute Gasteiger partial charge is 0.324 e. The van der Waals surface area contributed by atoms with Gasteiger partial charge in [0.2, 0.25) is 15.9 Å². The zero-order valence-corrected chi connectivity index (χ0v) is 16.6. The Morgan fingerprint density at radius 1 is 1.18 bits per heavy atom. The van der Waals surface area contributed by atoms with Gasteiger partial charge in [0.05, 0.1) is 23.2 Å². The van der Waals surface area contributed by atoms with Crippen LogP contribution in [-0.4, -0.2) is 26.6 Å². The molecule has 0 aromatic heterocycles. The maximum absolute atomic E-state index is 13.3. The Morgan fingerprint density at radius 3 is 2.29 bits per heavy atom. The van der Waals surface area contributed by atoms with Gasteiger partial charge < -0.3 is 5.32 Å². The molecule has 0 heterocycles. The molecule has 2 rings (SSSR count). The number of alkyl halides is 3. The number of hydrogen-bond acceptors (Lipinski definition) is 3. The fourth-order valence-corrected chi connectivity index (χ4v) is 4.10. The van der Waals surface area contributed by atoms with Crippen LogP contribution >= 0.6 is 11.6 Å². The molecule has 0 aliphatic heterocycles. The van der Waals surface area contributed by atoms with Gasteiger partial charge in [-0.2, -0.15) is 13.2 Å². The number of carbonyl (C=O) groups excluding carboxylic acids is 1. The second kappa shape index (κ2) is 8.40. The summed E-state index contributed by atoms with van der Waals surface area (Å²) in [5.41, 5.74) is -1.38. The lowest BCUT2D eigenvalue weighted by Crippen LogP contribution is -2.47. The molecule has 0 saturated carbocycles. The molecule has 10 heteroatoms. The minimum absolute atomic E-state index is 0.0444. The molecule has 0 aliphatic carbocycles. The molecule has 0 radical (unpaired) electrons. The van der Waals surface area contributed by atoms with E-state index in [1.165, 1.54) is 18.2 Å². The second-order valence-electron chi connectivity index (χ2n) is 6.00. The van der Waals surface area contributed by atoms with Crippen LogP contribution in [0, 0.1) is 0 Å². The summed E-state index contributed by atoms with van der Waals surface area (Å²) >= 11 is 5.64. The Morgan fingerprint density at radius 2 is 1.79 bits per heavy atom. The maximum Gasteiger partial charge on any atom is 0.418 e. The predicted octanol–water partition coefficient (Wildman–Crippen LogP) is 4.54. The number of anilines is 2. The molecule has 1 N–H and O–H groups in total. The third-order valence-corrected chi connectivity index (χ3v) is 5.30. The molecule has 28 heavy (non-hydrogen) atoms. The largest absolute Gasteiger partial charge is 0.418 e. The van der Waals surface area contributed by atoms with Crippen LogP contribution < -0.4 is 9.62 Å². The summed E-state index contributed by atoms with van der Waals surface area (Å²) in [5, 5.41) is 2.05. The van der Waals surface area contributed by atoms with Crippen LogP contribution in [0.3, 0.4) is 0 Å². The van der Waals surface area contributed by atoms with Crippen molar-refractivity contribution in [1.29, 1.82) is 0 Å². The van der Waals surface area contributed by atoms with Gasteiger partial charge in [-0.1, -0.05) is 36.7 Å². The Hall–Kier alpha value is -2.26. The maximum atomic E-state index is 13.3. The van der Waals surface area contributed by atoms with Gasteiger partial charge in [-0.25, -0.2) is 8.42 Å². The van der Waals surface area contributed by atoms with Crippen molar-refractivity contribution in [2.45, 2.75) is 25.6 Å². The molecule has 1 amide bonds. The van der Waals surface area contributed by atoms with Gasteiger partial charge >= 0.3 is 6.18 Å². The number of amides is 1. The van der Waals surface area contributed by atoms with Gasteiger partial charge in [0.25, 0.3) is 0 Å². The highest BCUT2D eigenvalue weighted by atomic mass is 35.5. The molecule has 1 atom stereocenters. The zero-order valence-electron chi connectivity index (χ0n) is 15.0. The first-order valence-corrected chi connectivity index (χ1v) is 10.4. The third kappa shape index (κ3) is 5.17. The third-order valence-electron chi connectivity index (χ3n) is 3.89. The lowest BCUT2D eigenvalue weighted by molar-refractivity contribution is -0.137. The molecule has 0 fully saturated rings. The summed E-state index contributed by atoms with van der Waals surface area (Å²) in [4.78, 5) is 12.8. The number of para-hydroxylation sites is 1. The number of hydrogen-bond donors (Lipinski definition) is 1. The highest BCUT2D eigenvalue weighted by Crippen LogP contribution is 2.36. The van der Waals surface area contributed by atoms with Crippen molar-refractivity contribution < 1.29 is 26.4 Å². The number of nitrogens with zero attached hydrogens (tertiary/aromatic N) is 1. The van der Waals surface area contributed by atoms with Crippen LogP contribution in [0.4, 0.5) is 24.5 Å². The molecule has 0 spiro atoms. The minimum atomic E-state index is -4.74.